The van der Waals surface area contributed by atoms with Gasteiger partial charge in [0.15, 0.2) is 4.96 Å². The molecule has 5 nitrogen and oxygen atoms in total. The lowest BCUT2D eigenvalue weighted by Gasteiger charge is -2.03. The van der Waals surface area contributed by atoms with Crippen molar-refractivity contribution < 1.29 is 0 Å². The molecule has 0 amide bonds. The van der Waals surface area contributed by atoms with Crippen molar-refractivity contribution in [1.29, 1.82) is 0 Å². The second-order valence-corrected chi connectivity index (χ2v) is 10.8. The molecule has 3 heterocycles. The lowest BCUT2D eigenvalue weighted by Crippen LogP contribution is -2.22. The van der Waals surface area contributed by atoms with Gasteiger partial charge in [0.1, 0.15) is 0 Å². The number of aromatic nitrogens is 4. The van der Waals surface area contributed by atoms with Crippen molar-refractivity contribution in [1.82, 2.24) is 19.2 Å². The Morgan fingerprint density at radius 2 is 1.75 bits per heavy atom. The summed E-state index contributed by atoms with van der Waals surface area (Å²) in [4.78, 5) is 20.0. The first-order chi connectivity index (χ1) is 17.7. The summed E-state index contributed by atoms with van der Waals surface area (Å²) < 4.78 is 4.22. The molecular weight excluding hydrogens is 484 g/mol. The van der Waals surface area contributed by atoms with E-state index in [0.29, 0.717) is 9.49 Å². The number of para-hydroxylation sites is 3. The minimum absolute atomic E-state index is 0.0511. The van der Waals surface area contributed by atoms with Crippen molar-refractivity contribution in [2.75, 3.05) is 5.75 Å². The van der Waals surface area contributed by atoms with Crippen LogP contribution in [0.2, 0.25) is 0 Å². The maximum atomic E-state index is 13.4. The number of imidazole rings is 1. The Bertz CT molecular complexity index is 1770. The maximum Gasteiger partial charge on any atom is 0.274 e. The molecule has 0 spiro atoms. The number of hydrogen-bond donors (Lipinski definition) is 0. The standard InChI is InChI=1S/C29H24N4OS2/c1-2-3-17-35-23-15-13-20(14-16-23)27-21(19-32(31-27)22-9-5-4-6-10-22)18-26-28(34)33-25-12-8-7-11-24(25)30-29(33)36-26/h4-16,18-19H,2-3,17H2,1H3/b26-18-. The van der Waals surface area contributed by atoms with Crippen molar-refractivity contribution in [3.63, 3.8) is 0 Å². The first-order valence-corrected chi connectivity index (χ1v) is 13.8. The van der Waals surface area contributed by atoms with Gasteiger partial charge < -0.3 is 0 Å². The lowest BCUT2D eigenvalue weighted by atomic mass is 10.1. The van der Waals surface area contributed by atoms with Crippen LogP contribution in [0.1, 0.15) is 25.3 Å². The molecule has 0 saturated carbocycles. The summed E-state index contributed by atoms with van der Waals surface area (Å²) in [5, 5.41) is 4.93. The number of benzene rings is 3. The summed E-state index contributed by atoms with van der Waals surface area (Å²) >= 11 is 3.29. The second-order valence-electron chi connectivity index (χ2n) is 8.57. The van der Waals surface area contributed by atoms with E-state index in [0.717, 1.165) is 39.3 Å². The topological polar surface area (TPSA) is 52.2 Å². The van der Waals surface area contributed by atoms with Crippen LogP contribution in [0, 0.1) is 0 Å². The van der Waals surface area contributed by atoms with Crippen LogP contribution in [0.15, 0.2) is 94.7 Å². The zero-order valence-corrected chi connectivity index (χ0v) is 21.4. The molecule has 0 fully saturated rings. The number of nitrogens with zero attached hydrogens (tertiary/aromatic N) is 4. The molecular formula is C29H24N4OS2. The normalized spacial score (nSPS) is 12.2. The van der Waals surface area contributed by atoms with Crippen LogP contribution in [0.4, 0.5) is 0 Å². The molecule has 0 unspecified atom stereocenters. The van der Waals surface area contributed by atoms with Gasteiger partial charge in [-0.3, -0.25) is 4.79 Å². The third kappa shape index (κ3) is 4.25. The highest BCUT2D eigenvalue weighted by Gasteiger charge is 2.14. The molecule has 3 aromatic carbocycles. The van der Waals surface area contributed by atoms with Gasteiger partial charge in [0.05, 0.1) is 26.9 Å². The van der Waals surface area contributed by atoms with Crippen molar-refractivity contribution in [2.45, 2.75) is 24.7 Å². The summed E-state index contributed by atoms with van der Waals surface area (Å²) in [6.45, 7) is 2.21. The zero-order chi connectivity index (χ0) is 24.5. The van der Waals surface area contributed by atoms with E-state index in [2.05, 4.69) is 36.2 Å². The summed E-state index contributed by atoms with van der Waals surface area (Å²) in [5.41, 5.74) is 5.36. The predicted molar refractivity (Wildman–Crippen MR) is 150 cm³/mol. The summed E-state index contributed by atoms with van der Waals surface area (Å²) in [7, 11) is 0. The molecule has 0 aliphatic rings. The molecule has 178 valence electrons. The van der Waals surface area contributed by atoms with E-state index in [4.69, 9.17) is 5.10 Å². The third-order valence-corrected chi connectivity index (χ3v) is 8.16. The van der Waals surface area contributed by atoms with E-state index in [1.54, 1.807) is 4.40 Å². The summed E-state index contributed by atoms with van der Waals surface area (Å²) in [6.07, 6.45) is 6.35. The van der Waals surface area contributed by atoms with Gasteiger partial charge in [-0.15, -0.1) is 11.8 Å². The summed E-state index contributed by atoms with van der Waals surface area (Å²) in [6, 6.07) is 26.3. The van der Waals surface area contributed by atoms with E-state index in [9.17, 15) is 4.79 Å². The molecule has 7 heteroatoms. The minimum atomic E-state index is -0.0511. The van der Waals surface area contributed by atoms with Crippen LogP contribution in [0.25, 0.3) is 39.0 Å². The molecule has 0 bridgehead atoms. The highest BCUT2D eigenvalue weighted by Crippen LogP contribution is 2.28. The van der Waals surface area contributed by atoms with Crippen LogP contribution in [-0.4, -0.2) is 24.9 Å². The minimum Gasteiger partial charge on any atom is -0.267 e. The largest absolute Gasteiger partial charge is 0.274 e. The third-order valence-electron chi connectivity index (χ3n) is 6.09. The SMILES string of the molecule is CCCCSc1ccc(-c2nn(-c3ccccc3)cc2/C=c2\sc3nc4ccccc4n3c2=O)cc1. The van der Waals surface area contributed by atoms with E-state index >= 15 is 0 Å². The predicted octanol–water partition coefficient (Wildman–Crippen LogP) is 6.20. The molecule has 0 N–H and O–H groups in total. The van der Waals surface area contributed by atoms with Crippen molar-refractivity contribution in [3.8, 4) is 16.9 Å². The van der Waals surface area contributed by atoms with E-state index in [1.807, 2.05) is 83.3 Å². The first kappa shape index (κ1) is 22.8. The van der Waals surface area contributed by atoms with Gasteiger partial charge in [0.25, 0.3) is 5.56 Å². The van der Waals surface area contributed by atoms with E-state index in [-0.39, 0.29) is 5.56 Å². The maximum absolute atomic E-state index is 13.4. The Morgan fingerprint density at radius 3 is 2.56 bits per heavy atom. The van der Waals surface area contributed by atoms with Crippen LogP contribution < -0.4 is 10.1 Å². The monoisotopic (exact) mass is 508 g/mol. The van der Waals surface area contributed by atoms with Gasteiger partial charge >= 0.3 is 0 Å². The van der Waals surface area contributed by atoms with Gasteiger partial charge in [0, 0.05) is 22.2 Å². The smallest absolute Gasteiger partial charge is 0.267 e. The number of hydrogen-bond acceptors (Lipinski definition) is 5. The Hall–Kier alpha value is -3.68. The lowest BCUT2D eigenvalue weighted by molar-refractivity contribution is 0.884. The molecule has 6 rings (SSSR count). The first-order valence-electron chi connectivity index (χ1n) is 12.0. The van der Waals surface area contributed by atoms with Crippen molar-refractivity contribution in [3.05, 3.63) is 106 Å². The van der Waals surface area contributed by atoms with Crippen molar-refractivity contribution >= 4 is 45.2 Å². The molecule has 0 aliphatic carbocycles. The number of unbranched alkanes of at least 4 members (excludes halogenated alkanes) is 1. The number of rotatable bonds is 7. The van der Waals surface area contributed by atoms with Gasteiger partial charge in [-0.2, -0.15) is 5.10 Å². The molecule has 0 radical (unpaired) electrons. The zero-order valence-electron chi connectivity index (χ0n) is 19.8. The highest BCUT2D eigenvalue weighted by molar-refractivity contribution is 7.99. The molecule has 0 aliphatic heterocycles. The fraction of sp³-hybridized carbons (Fsp3) is 0.138. The fourth-order valence-corrected chi connectivity index (χ4v) is 6.20. The van der Waals surface area contributed by atoms with Crippen LogP contribution >= 0.6 is 23.1 Å². The molecule has 6 aromatic rings. The average Bonchev–Trinajstić information content (AvgIpc) is 3.58. The van der Waals surface area contributed by atoms with Gasteiger partial charge in [-0.1, -0.05) is 67.1 Å². The highest BCUT2D eigenvalue weighted by atomic mass is 32.2. The quantitative estimate of drug-likeness (QED) is 0.190. The van der Waals surface area contributed by atoms with Crippen LogP contribution in [0.3, 0.4) is 0 Å². The average molecular weight is 509 g/mol. The number of thioether (sulfide) groups is 1. The molecule has 0 atom stereocenters. The van der Waals surface area contributed by atoms with E-state index < -0.39 is 0 Å². The van der Waals surface area contributed by atoms with Gasteiger partial charge in [-0.05, 0) is 54.6 Å². The molecule has 3 aromatic heterocycles. The van der Waals surface area contributed by atoms with Gasteiger partial charge in [-0.25, -0.2) is 14.1 Å². The Labute approximate surface area is 216 Å². The summed E-state index contributed by atoms with van der Waals surface area (Å²) in [5.74, 6) is 1.12. The number of fused-ring (bicyclic) bond motifs is 3. The molecule has 36 heavy (non-hydrogen) atoms. The van der Waals surface area contributed by atoms with E-state index in [1.165, 1.54) is 29.1 Å². The number of thiazole rings is 1. The Morgan fingerprint density at radius 1 is 0.972 bits per heavy atom. The van der Waals surface area contributed by atoms with Crippen LogP contribution in [-0.2, 0) is 0 Å². The Kier molecular flexibility index (Phi) is 6.17. The second kappa shape index (κ2) is 9.76. The Balaban J connectivity index is 1.47. The van der Waals surface area contributed by atoms with Gasteiger partial charge in [0.2, 0.25) is 0 Å². The van der Waals surface area contributed by atoms with Crippen molar-refractivity contribution in [2.24, 2.45) is 0 Å². The molecule has 0 saturated heterocycles. The fourth-order valence-electron chi connectivity index (χ4n) is 4.23. The van der Waals surface area contributed by atoms with Crippen LogP contribution in [0.5, 0.6) is 0 Å².